The van der Waals surface area contributed by atoms with Crippen LogP contribution >= 0.6 is 0 Å². The fourth-order valence-corrected chi connectivity index (χ4v) is 7.53. The number of imidazole rings is 2. The van der Waals surface area contributed by atoms with E-state index in [1.165, 1.54) is 7.11 Å². The van der Waals surface area contributed by atoms with Crippen molar-refractivity contribution < 1.29 is 28.6 Å². The van der Waals surface area contributed by atoms with Crippen molar-refractivity contribution in [3.05, 3.63) is 60.2 Å². The van der Waals surface area contributed by atoms with Crippen molar-refractivity contribution in [1.29, 1.82) is 0 Å². The van der Waals surface area contributed by atoms with E-state index in [1.54, 1.807) is 6.20 Å². The summed E-state index contributed by atoms with van der Waals surface area (Å²) in [6.07, 6.45) is 8.83. The van der Waals surface area contributed by atoms with Crippen LogP contribution in [0.1, 0.15) is 96.1 Å². The first-order valence-corrected chi connectivity index (χ1v) is 18.9. The summed E-state index contributed by atoms with van der Waals surface area (Å²) in [5, 5.41) is 2.75. The molecule has 0 unspecified atom stereocenters. The summed E-state index contributed by atoms with van der Waals surface area (Å²) >= 11 is 0. The molecule has 53 heavy (non-hydrogen) atoms. The van der Waals surface area contributed by atoms with Gasteiger partial charge in [-0.1, -0.05) is 40.5 Å². The maximum absolute atomic E-state index is 13.7. The number of likely N-dealkylation sites (tertiary alicyclic amines) is 2. The molecule has 7 rings (SSSR count). The molecule has 0 bridgehead atoms. The highest BCUT2D eigenvalue weighted by molar-refractivity contribution is 5.86. The number of alkyl carbamates (subject to hydrolysis) is 1. The van der Waals surface area contributed by atoms with Crippen LogP contribution in [0.25, 0.3) is 22.8 Å². The number of hydrogen-bond donors (Lipinski definition) is 3. The number of hydrogen-bond acceptors (Lipinski definition) is 8. The lowest BCUT2D eigenvalue weighted by molar-refractivity contribution is -0.135. The second-order valence-electron chi connectivity index (χ2n) is 14.6. The first-order valence-electron chi connectivity index (χ1n) is 18.9. The number of nitrogens with zero attached hydrogens (tertiary/aromatic N) is 4. The van der Waals surface area contributed by atoms with Gasteiger partial charge in [-0.05, 0) is 73.9 Å². The molecule has 0 saturated carbocycles. The minimum absolute atomic E-state index is 0.00762. The molecule has 2 aromatic heterocycles. The normalized spacial score (nSPS) is 19.4. The number of benzene rings is 2. The smallest absolute Gasteiger partial charge is 0.407 e. The molecule has 4 aromatic rings. The van der Waals surface area contributed by atoms with Gasteiger partial charge in [-0.2, -0.15) is 0 Å². The zero-order valence-electron chi connectivity index (χ0n) is 31.1. The van der Waals surface area contributed by atoms with Crippen LogP contribution in [-0.2, 0) is 14.3 Å². The van der Waals surface area contributed by atoms with E-state index in [9.17, 15) is 14.4 Å². The van der Waals surface area contributed by atoms with E-state index in [4.69, 9.17) is 14.2 Å². The van der Waals surface area contributed by atoms with Crippen LogP contribution in [0.5, 0.6) is 23.0 Å². The van der Waals surface area contributed by atoms with Gasteiger partial charge in [0.25, 0.3) is 0 Å². The third-order valence-corrected chi connectivity index (χ3v) is 11.0. The standard InChI is InChI=1S/C40H49N7O6/c1-6-23(3)18-35(48)46-16-8-10-29(46)27-21-41-37(43-27)25-12-14-31-33(19-25)52-32-15-13-26(20-34(32)53-31)38-42-22-28(44-38)30-11-9-17-47(30)39(49)36(24(4)7-2)45-40(50)51-5/h12-15,19-24,29-30,36H,6-11,16-18H2,1-5H3,(H,41,43)(H,42,44)(H,45,50)/t23-,24-,29-,30-,36-/m0/s1. The van der Waals surface area contributed by atoms with Crippen LogP contribution in [0.3, 0.4) is 0 Å². The van der Waals surface area contributed by atoms with Gasteiger partial charge in [-0.3, -0.25) is 9.59 Å². The van der Waals surface area contributed by atoms with E-state index in [0.29, 0.717) is 53.5 Å². The summed E-state index contributed by atoms with van der Waals surface area (Å²) < 4.78 is 17.4. The van der Waals surface area contributed by atoms with Crippen LogP contribution in [-0.4, -0.2) is 73.9 Å². The second kappa shape index (κ2) is 15.3. The Bertz CT molecular complexity index is 1970. The van der Waals surface area contributed by atoms with Crippen molar-refractivity contribution in [2.75, 3.05) is 20.2 Å². The average molecular weight is 724 g/mol. The van der Waals surface area contributed by atoms with Crippen molar-refractivity contribution in [3.63, 3.8) is 0 Å². The van der Waals surface area contributed by atoms with Gasteiger partial charge in [0.1, 0.15) is 17.7 Å². The number of H-pyrrole nitrogens is 2. The summed E-state index contributed by atoms with van der Waals surface area (Å²) in [6.45, 7) is 9.57. The van der Waals surface area contributed by atoms with Crippen molar-refractivity contribution in [3.8, 4) is 45.8 Å². The Morgan fingerprint density at radius 1 is 0.830 bits per heavy atom. The van der Waals surface area contributed by atoms with Gasteiger partial charge >= 0.3 is 6.09 Å². The van der Waals surface area contributed by atoms with Crippen LogP contribution in [0.4, 0.5) is 4.79 Å². The number of fused-ring (bicyclic) bond motifs is 2. The first-order chi connectivity index (χ1) is 25.7. The average Bonchev–Trinajstić information content (AvgIpc) is 4.01. The largest absolute Gasteiger partial charge is 0.453 e. The molecule has 3 amide bonds. The molecule has 3 N–H and O–H groups in total. The molecule has 0 aliphatic carbocycles. The second-order valence-corrected chi connectivity index (χ2v) is 14.6. The van der Waals surface area contributed by atoms with Crippen LogP contribution in [0, 0.1) is 11.8 Å². The molecule has 13 heteroatoms. The summed E-state index contributed by atoms with van der Waals surface area (Å²) in [4.78, 5) is 58.9. The number of methoxy groups -OCH3 is 1. The quantitative estimate of drug-likeness (QED) is 0.124. The molecule has 13 nitrogen and oxygen atoms in total. The number of nitrogens with one attached hydrogen (secondary N) is 3. The lowest BCUT2D eigenvalue weighted by Gasteiger charge is -2.31. The lowest BCUT2D eigenvalue weighted by Crippen LogP contribution is -2.51. The Labute approximate surface area is 309 Å². The molecular formula is C40H49N7O6. The van der Waals surface area contributed by atoms with Gasteiger partial charge in [0.2, 0.25) is 11.8 Å². The van der Waals surface area contributed by atoms with Gasteiger partial charge in [-0.25, -0.2) is 14.8 Å². The van der Waals surface area contributed by atoms with E-state index in [1.807, 2.05) is 66.2 Å². The highest BCUT2D eigenvalue weighted by Gasteiger charge is 2.38. The minimum Gasteiger partial charge on any atom is -0.453 e. The predicted octanol–water partition coefficient (Wildman–Crippen LogP) is 7.90. The molecule has 0 spiro atoms. The van der Waals surface area contributed by atoms with Crippen molar-refractivity contribution in [1.82, 2.24) is 35.1 Å². The number of carbonyl (C=O) groups is 3. The molecule has 2 aromatic carbocycles. The first kappa shape index (κ1) is 36.0. The SMILES string of the molecule is CC[C@H](C)CC(=O)N1CCC[C@H]1c1cnc(-c2ccc3c(c2)Oc2ccc(-c4ncc([C@@H]5CCCN5C(=O)[C@@H](NC(=O)OC)[C@@H](C)CC)[nH]4)cc2O3)[nH]1. The molecule has 5 heterocycles. The Morgan fingerprint density at radius 2 is 1.38 bits per heavy atom. The Morgan fingerprint density at radius 3 is 1.91 bits per heavy atom. The van der Waals surface area contributed by atoms with E-state index in [-0.39, 0.29) is 29.8 Å². The molecule has 3 aliphatic heterocycles. The number of ether oxygens (including phenoxy) is 3. The third-order valence-electron chi connectivity index (χ3n) is 11.0. The van der Waals surface area contributed by atoms with Gasteiger partial charge in [0, 0.05) is 30.6 Å². The van der Waals surface area contributed by atoms with E-state index in [0.717, 1.165) is 67.6 Å². The van der Waals surface area contributed by atoms with E-state index >= 15 is 0 Å². The molecule has 0 radical (unpaired) electrons. The molecule has 3 aliphatic rings. The zero-order chi connectivity index (χ0) is 37.2. The van der Waals surface area contributed by atoms with Crippen molar-refractivity contribution >= 4 is 17.9 Å². The Kier molecular flexibility index (Phi) is 10.4. The topological polar surface area (TPSA) is 155 Å². The van der Waals surface area contributed by atoms with Crippen LogP contribution in [0.2, 0.25) is 0 Å². The molecule has 2 saturated heterocycles. The van der Waals surface area contributed by atoms with Crippen molar-refractivity contribution in [2.45, 2.75) is 90.8 Å². The molecule has 2 fully saturated rings. The fraction of sp³-hybridized carbons (Fsp3) is 0.475. The van der Waals surface area contributed by atoms with E-state index in [2.05, 4.69) is 39.1 Å². The van der Waals surface area contributed by atoms with Crippen LogP contribution in [0.15, 0.2) is 48.8 Å². The van der Waals surface area contributed by atoms with E-state index < -0.39 is 12.1 Å². The minimum atomic E-state index is -0.678. The maximum atomic E-state index is 13.7. The highest BCUT2D eigenvalue weighted by Crippen LogP contribution is 2.47. The number of rotatable bonds is 11. The van der Waals surface area contributed by atoms with Gasteiger partial charge in [0.05, 0.1) is 43.0 Å². The fourth-order valence-electron chi connectivity index (χ4n) is 7.53. The number of aromatic nitrogens is 4. The van der Waals surface area contributed by atoms with Gasteiger partial charge < -0.3 is 39.3 Å². The molecular weight excluding hydrogens is 674 g/mol. The summed E-state index contributed by atoms with van der Waals surface area (Å²) in [6, 6.07) is 10.5. The predicted molar refractivity (Wildman–Crippen MR) is 198 cm³/mol. The third kappa shape index (κ3) is 7.34. The summed E-state index contributed by atoms with van der Waals surface area (Å²) in [5.41, 5.74) is 3.44. The van der Waals surface area contributed by atoms with Crippen molar-refractivity contribution in [2.24, 2.45) is 11.8 Å². The van der Waals surface area contributed by atoms with Gasteiger partial charge in [0.15, 0.2) is 23.0 Å². The lowest BCUT2D eigenvalue weighted by atomic mass is 9.97. The number of aromatic amines is 2. The Hall–Kier alpha value is -5.33. The number of carbonyl (C=O) groups excluding carboxylic acids is 3. The summed E-state index contributed by atoms with van der Waals surface area (Å²) in [7, 11) is 1.30. The monoisotopic (exact) mass is 723 g/mol. The van der Waals surface area contributed by atoms with Crippen LogP contribution < -0.4 is 14.8 Å². The highest BCUT2D eigenvalue weighted by atomic mass is 16.6. The molecule has 280 valence electrons. The number of amides is 3. The molecule has 5 atom stereocenters. The Balaban J connectivity index is 1.04. The maximum Gasteiger partial charge on any atom is 0.407 e. The van der Waals surface area contributed by atoms with Gasteiger partial charge in [-0.15, -0.1) is 0 Å². The zero-order valence-corrected chi connectivity index (χ0v) is 31.1. The summed E-state index contributed by atoms with van der Waals surface area (Å²) in [5.74, 6) is 4.05.